The van der Waals surface area contributed by atoms with Crippen molar-refractivity contribution < 1.29 is 14.3 Å². The minimum Gasteiger partial charge on any atom is -0.484 e. The number of hydrogen-bond donors (Lipinski definition) is 1. The van der Waals surface area contributed by atoms with Gasteiger partial charge in [0.1, 0.15) is 5.75 Å². The van der Waals surface area contributed by atoms with Gasteiger partial charge in [-0.2, -0.15) is 0 Å². The molecule has 2 aromatic carbocycles. The number of para-hydroxylation sites is 2. The summed E-state index contributed by atoms with van der Waals surface area (Å²) in [5.41, 5.74) is 3.08. The Balaban J connectivity index is 1.65. The highest BCUT2D eigenvalue weighted by atomic mass is 16.5. The van der Waals surface area contributed by atoms with Crippen LogP contribution in [0.5, 0.6) is 5.75 Å². The molecule has 0 atom stereocenters. The van der Waals surface area contributed by atoms with Crippen LogP contribution in [0.4, 0.5) is 5.95 Å². The monoisotopic (exact) mass is 381 g/mol. The lowest BCUT2D eigenvalue weighted by Crippen LogP contribution is -2.22. The Morgan fingerprint density at radius 2 is 1.89 bits per heavy atom. The van der Waals surface area contributed by atoms with Crippen molar-refractivity contribution in [2.24, 2.45) is 0 Å². The van der Waals surface area contributed by atoms with Crippen molar-refractivity contribution >= 4 is 22.9 Å². The van der Waals surface area contributed by atoms with Crippen LogP contribution >= 0.6 is 0 Å². The fourth-order valence-electron chi connectivity index (χ4n) is 3.00. The summed E-state index contributed by atoms with van der Waals surface area (Å²) in [6.07, 6.45) is 1.82. The second kappa shape index (κ2) is 9.90. The maximum Gasteiger partial charge on any atom is 0.264 e. The summed E-state index contributed by atoms with van der Waals surface area (Å²) in [6.45, 7) is 6.11. The van der Waals surface area contributed by atoms with Gasteiger partial charge in [0.2, 0.25) is 5.95 Å². The SMILES string of the molecule is CCOCCCn1c(NC(=O)COc2ccc(CC)cc2)nc2ccccc21. The second-order valence-corrected chi connectivity index (χ2v) is 6.46. The molecule has 0 fully saturated rings. The van der Waals surface area contributed by atoms with Crippen molar-refractivity contribution in [2.75, 3.05) is 25.1 Å². The molecule has 1 aromatic heterocycles. The first-order valence-electron chi connectivity index (χ1n) is 9.75. The average molecular weight is 381 g/mol. The molecule has 1 heterocycles. The summed E-state index contributed by atoms with van der Waals surface area (Å²) >= 11 is 0. The molecule has 3 rings (SSSR count). The number of ether oxygens (including phenoxy) is 2. The summed E-state index contributed by atoms with van der Waals surface area (Å²) in [5, 5.41) is 2.88. The van der Waals surface area contributed by atoms with Gasteiger partial charge in [-0.3, -0.25) is 10.1 Å². The normalized spacial score (nSPS) is 10.9. The Morgan fingerprint density at radius 3 is 2.64 bits per heavy atom. The largest absolute Gasteiger partial charge is 0.484 e. The molecule has 0 unspecified atom stereocenters. The zero-order chi connectivity index (χ0) is 19.8. The minimum atomic E-state index is -0.235. The minimum absolute atomic E-state index is 0.0619. The number of nitrogens with zero attached hydrogens (tertiary/aromatic N) is 2. The van der Waals surface area contributed by atoms with Crippen molar-refractivity contribution in [1.29, 1.82) is 0 Å². The molecular formula is C22H27N3O3. The number of imidazole rings is 1. The predicted octanol–water partition coefficient (Wildman–Crippen LogP) is 4.04. The molecule has 0 aliphatic rings. The first-order chi connectivity index (χ1) is 13.7. The van der Waals surface area contributed by atoms with E-state index in [-0.39, 0.29) is 12.5 Å². The molecule has 3 aromatic rings. The molecule has 0 aliphatic carbocycles. The summed E-state index contributed by atoms with van der Waals surface area (Å²) in [7, 11) is 0. The Morgan fingerprint density at radius 1 is 1.11 bits per heavy atom. The maximum absolute atomic E-state index is 12.4. The summed E-state index contributed by atoms with van der Waals surface area (Å²) in [6, 6.07) is 15.6. The number of amides is 1. The third kappa shape index (κ3) is 5.10. The number of aromatic nitrogens is 2. The lowest BCUT2D eigenvalue weighted by Gasteiger charge is -2.11. The van der Waals surface area contributed by atoms with Crippen molar-refractivity contribution in [1.82, 2.24) is 9.55 Å². The molecule has 0 saturated carbocycles. The van der Waals surface area contributed by atoms with E-state index in [0.717, 1.165) is 30.4 Å². The third-order valence-electron chi connectivity index (χ3n) is 4.48. The van der Waals surface area contributed by atoms with E-state index in [9.17, 15) is 4.79 Å². The molecule has 0 bridgehead atoms. The van der Waals surface area contributed by atoms with Crippen molar-refractivity contribution in [3.8, 4) is 5.75 Å². The van der Waals surface area contributed by atoms with Crippen LogP contribution in [0.1, 0.15) is 25.8 Å². The molecular weight excluding hydrogens is 354 g/mol. The van der Waals surface area contributed by atoms with E-state index in [0.29, 0.717) is 24.9 Å². The van der Waals surface area contributed by atoms with Crippen LogP contribution in [0.2, 0.25) is 0 Å². The smallest absolute Gasteiger partial charge is 0.264 e. The van der Waals surface area contributed by atoms with Crippen molar-refractivity contribution in [2.45, 2.75) is 33.2 Å². The number of carbonyl (C=O) groups excluding carboxylic acids is 1. The Hall–Kier alpha value is -2.86. The van der Waals surface area contributed by atoms with E-state index in [4.69, 9.17) is 9.47 Å². The van der Waals surface area contributed by atoms with Crippen molar-refractivity contribution in [3.63, 3.8) is 0 Å². The van der Waals surface area contributed by atoms with Gasteiger partial charge >= 0.3 is 0 Å². The number of rotatable bonds is 10. The number of benzene rings is 2. The van der Waals surface area contributed by atoms with Crippen LogP contribution in [0.15, 0.2) is 48.5 Å². The summed E-state index contributed by atoms with van der Waals surface area (Å²) in [5.74, 6) is 0.978. The van der Waals surface area contributed by atoms with E-state index in [1.54, 1.807) is 0 Å². The van der Waals surface area contributed by atoms with Crippen molar-refractivity contribution in [3.05, 3.63) is 54.1 Å². The lowest BCUT2D eigenvalue weighted by molar-refractivity contribution is -0.118. The van der Waals surface area contributed by atoms with E-state index >= 15 is 0 Å². The van der Waals surface area contributed by atoms with Crippen LogP contribution < -0.4 is 10.1 Å². The standard InChI is InChI=1S/C22H27N3O3/c1-3-17-10-12-18(13-11-17)28-16-21(26)24-22-23-19-8-5-6-9-20(19)25(22)14-7-15-27-4-2/h5-6,8-13H,3-4,7,14-16H2,1-2H3,(H,23,24,26). The highest BCUT2D eigenvalue weighted by molar-refractivity contribution is 5.92. The molecule has 28 heavy (non-hydrogen) atoms. The van der Waals surface area contributed by atoms with Crippen LogP contribution in [0.3, 0.4) is 0 Å². The van der Waals surface area contributed by atoms with Gasteiger partial charge in [0, 0.05) is 19.8 Å². The maximum atomic E-state index is 12.4. The van der Waals surface area contributed by atoms with E-state index in [2.05, 4.69) is 17.2 Å². The van der Waals surface area contributed by atoms with E-state index < -0.39 is 0 Å². The Bertz CT molecular complexity index is 903. The Kier molecular flexibility index (Phi) is 7.03. The molecule has 6 nitrogen and oxygen atoms in total. The van der Waals surface area contributed by atoms with Crippen LogP contribution in [0.25, 0.3) is 11.0 Å². The summed E-state index contributed by atoms with van der Waals surface area (Å²) in [4.78, 5) is 17.0. The molecule has 1 amide bonds. The van der Waals surface area contributed by atoms with Gasteiger partial charge in [-0.15, -0.1) is 0 Å². The predicted molar refractivity (Wildman–Crippen MR) is 111 cm³/mol. The molecule has 0 spiro atoms. The zero-order valence-electron chi connectivity index (χ0n) is 16.5. The van der Waals surface area contributed by atoms with Gasteiger partial charge in [-0.05, 0) is 49.6 Å². The van der Waals surface area contributed by atoms with Gasteiger partial charge in [0.05, 0.1) is 11.0 Å². The highest BCUT2D eigenvalue weighted by Crippen LogP contribution is 2.20. The summed E-state index contributed by atoms with van der Waals surface area (Å²) < 4.78 is 13.0. The van der Waals surface area contributed by atoms with E-state index in [1.807, 2.05) is 60.0 Å². The topological polar surface area (TPSA) is 65.4 Å². The fraction of sp³-hybridized carbons (Fsp3) is 0.364. The molecule has 1 N–H and O–H groups in total. The lowest BCUT2D eigenvalue weighted by atomic mass is 10.2. The third-order valence-corrected chi connectivity index (χ3v) is 4.48. The second-order valence-electron chi connectivity index (χ2n) is 6.46. The van der Waals surface area contributed by atoms with Gasteiger partial charge in [-0.1, -0.05) is 31.2 Å². The first-order valence-corrected chi connectivity index (χ1v) is 9.75. The molecule has 0 aliphatic heterocycles. The highest BCUT2D eigenvalue weighted by Gasteiger charge is 2.13. The number of carbonyl (C=O) groups is 1. The molecule has 6 heteroatoms. The number of hydrogen-bond acceptors (Lipinski definition) is 4. The number of fused-ring (bicyclic) bond motifs is 1. The fourth-order valence-corrected chi connectivity index (χ4v) is 3.00. The average Bonchev–Trinajstić information content (AvgIpc) is 3.07. The Labute approximate surface area is 165 Å². The van der Waals surface area contributed by atoms with Gasteiger partial charge in [-0.25, -0.2) is 4.98 Å². The zero-order valence-corrected chi connectivity index (χ0v) is 16.5. The number of anilines is 1. The number of aryl methyl sites for hydroxylation is 2. The molecule has 148 valence electrons. The van der Waals surface area contributed by atoms with Crippen LogP contribution in [-0.4, -0.2) is 35.3 Å². The molecule has 0 radical (unpaired) electrons. The van der Waals surface area contributed by atoms with Crippen LogP contribution in [-0.2, 0) is 22.5 Å². The quantitative estimate of drug-likeness (QED) is 0.538. The van der Waals surface area contributed by atoms with Gasteiger partial charge in [0.15, 0.2) is 6.61 Å². The number of nitrogens with one attached hydrogen (secondary N) is 1. The van der Waals surface area contributed by atoms with E-state index in [1.165, 1.54) is 5.56 Å². The first kappa shape index (κ1) is 19.9. The molecule has 0 saturated heterocycles. The van der Waals surface area contributed by atoms with Gasteiger partial charge in [0.25, 0.3) is 5.91 Å². The van der Waals surface area contributed by atoms with Crippen LogP contribution in [0, 0.1) is 0 Å². The van der Waals surface area contributed by atoms with Gasteiger partial charge < -0.3 is 14.0 Å².